The van der Waals surface area contributed by atoms with Gasteiger partial charge in [0, 0.05) is 16.6 Å². The number of rotatable bonds is 0. The smallest absolute Gasteiger partial charge is 0.141 e. The lowest BCUT2D eigenvalue weighted by Gasteiger charge is -2.10. The van der Waals surface area contributed by atoms with Crippen molar-refractivity contribution in [2.75, 3.05) is 0 Å². The van der Waals surface area contributed by atoms with Crippen LogP contribution in [0.3, 0.4) is 0 Å². The molecule has 0 aliphatic rings. The quantitative estimate of drug-likeness (QED) is 0.415. The zero-order chi connectivity index (χ0) is 14.7. The average Bonchev–Trinajstić information content (AvgIpc) is 2.84. The van der Waals surface area contributed by atoms with Gasteiger partial charge < -0.3 is 0 Å². The average molecular weight is 315 g/mol. The van der Waals surface area contributed by atoms with E-state index in [1.165, 1.54) is 16.3 Å². The van der Waals surface area contributed by atoms with E-state index in [1.54, 1.807) is 0 Å². The summed E-state index contributed by atoms with van der Waals surface area (Å²) in [7, 11) is 0. The third-order valence-electron chi connectivity index (χ3n) is 4.09. The van der Waals surface area contributed by atoms with Gasteiger partial charge >= 0.3 is 0 Å². The van der Waals surface area contributed by atoms with Crippen LogP contribution in [0.1, 0.15) is 11.3 Å². The van der Waals surface area contributed by atoms with E-state index < -0.39 is 0 Å². The maximum absolute atomic E-state index is 6.18. The van der Waals surface area contributed by atoms with Crippen molar-refractivity contribution in [1.29, 1.82) is 0 Å². The predicted octanol–water partition coefficient (Wildman–Crippen LogP) is 5.56. The van der Waals surface area contributed by atoms with E-state index in [-0.39, 0.29) is 0 Å². The zero-order valence-electron chi connectivity index (χ0n) is 11.6. The Morgan fingerprint density at radius 1 is 0.952 bits per heavy atom. The van der Waals surface area contributed by atoms with Crippen molar-refractivity contribution in [1.82, 2.24) is 9.38 Å². The molecule has 4 rings (SSSR count). The number of hydrogen-bond donors (Lipinski definition) is 0. The van der Waals surface area contributed by atoms with E-state index in [9.17, 15) is 0 Å². The predicted molar refractivity (Wildman–Crippen MR) is 89.7 cm³/mol. The van der Waals surface area contributed by atoms with Gasteiger partial charge in [0.15, 0.2) is 0 Å². The monoisotopic (exact) mass is 314 g/mol. The van der Waals surface area contributed by atoms with E-state index in [0.717, 1.165) is 22.4 Å². The molecule has 2 heterocycles. The zero-order valence-corrected chi connectivity index (χ0v) is 13.1. The summed E-state index contributed by atoms with van der Waals surface area (Å²) < 4.78 is 2.16. The molecule has 21 heavy (non-hydrogen) atoms. The molecule has 0 N–H and O–H groups in total. The molecule has 0 fully saturated rings. The molecule has 0 spiro atoms. The molecule has 4 aromatic rings. The Bertz CT molecular complexity index is 1030. The minimum atomic E-state index is 0.535. The first kappa shape index (κ1) is 12.9. The van der Waals surface area contributed by atoms with E-state index in [2.05, 4.69) is 42.5 Å². The summed E-state index contributed by atoms with van der Waals surface area (Å²) in [5.41, 5.74) is 5.14. The van der Waals surface area contributed by atoms with Crippen LogP contribution in [-0.2, 0) is 0 Å². The summed E-state index contributed by atoms with van der Waals surface area (Å²) in [6.07, 6.45) is 0. The van der Waals surface area contributed by atoms with Crippen molar-refractivity contribution in [3.8, 4) is 0 Å². The number of aromatic nitrogens is 2. The standard InChI is InChI=1S/C17H12Cl2N2/c1-9-11-5-3-4-6-12(11)10(2)21-16-8-14(19)13(18)7-15(16)20-17(9)21/h3-8H,1-2H3. The highest BCUT2D eigenvalue weighted by molar-refractivity contribution is 6.42. The third kappa shape index (κ3) is 1.69. The lowest BCUT2D eigenvalue weighted by Crippen LogP contribution is -1.96. The summed E-state index contributed by atoms with van der Waals surface area (Å²) in [6, 6.07) is 12.1. The second-order valence-corrected chi connectivity index (χ2v) is 6.10. The van der Waals surface area contributed by atoms with Gasteiger partial charge in [-0.05, 0) is 31.4 Å². The van der Waals surface area contributed by atoms with Crippen molar-refractivity contribution in [3.05, 3.63) is 57.7 Å². The van der Waals surface area contributed by atoms with Crippen LogP contribution in [0.25, 0.3) is 27.5 Å². The second kappa shape index (κ2) is 4.36. The number of benzene rings is 2. The summed E-state index contributed by atoms with van der Waals surface area (Å²) in [4.78, 5) is 4.75. The van der Waals surface area contributed by atoms with Gasteiger partial charge in [-0.3, -0.25) is 4.40 Å². The molecule has 0 unspecified atom stereocenters. The fourth-order valence-corrected chi connectivity index (χ4v) is 3.35. The molecule has 0 amide bonds. The highest BCUT2D eigenvalue weighted by Crippen LogP contribution is 2.33. The number of fused-ring (bicyclic) bond motifs is 4. The van der Waals surface area contributed by atoms with Crippen molar-refractivity contribution >= 4 is 50.7 Å². The van der Waals surface area contributed by atoms with Crippen LogP contribution in [0, 0.1) is 13.8 Å². The molecule has 0 atom stereocenters. The minimum Gasteiger partial charge on any atom is -0.296 e. The fourth-order valence-electron chi connectivity index (χ4n) is 3.03. The number of pyridine rings is 1. The fraction of sp³-hybridized carbons (Fsp3) is 0.118. The highest BCUT2D eigenvalue weighted by atomic mass is 35.5. The van der Waals surface area contributed by atoms with Gasteiger partial charge in [-0.15, -0.1) is 0 Å². The molecule has 0 radical (unpaired) electrons. The van der Waals surface area contributed by atoms with Gasteiger partial charge in [0.05, 0.1) is 21.1 Å². The van der Waals surface area contributed by atoms with E-state index >= 15 is 0 Å². The summed E-state index contributed by atoms with van der Waals surface area (Å²) in [6.45, 7) is 4.21. The first-order valence-electron chi connectivity index (χ1n) is 6.73. The Balaban J connectivity index is 2.34. The van der Waals surface area contributed by atoms with Crippen LogP contribution >= 0.6 is 23.2 Å². The van der Waals surface area contributed by atoms with Gasteiger partial charge in [0.2, 0.25) is 0 Å². The van der Waals surface area contributed by atoms with E-state index in [0.29, 0.717) is 10.0 Å². The molecular formula is C17H12Cl2N2. The molecule has 2 aromatic carbocycles. The topological polar surface area (TPSA) is 17.3 Å². The largest absolute Gasteiger partial charge is 0.296 e. The highest BCUT2D eigenvalue weighted by Gasteiger charge is 2.14. The Hall–Kier alpha value is -1.77. The first-order valence-corrected chi connectivity index (χ1v) is 7.48. The molecular weight excluding hydrogens is 303 g/mol. The van der Waals surface area contributed by atoms with E-state index in [1.807, 2.05) is 12.1 Å². The van der Waals surface area contributed by atoms with Gasteiger partial charge in [-0.25, -0.2) is 4.98 Å². The Morgan fingerprint density at radius 2 is 1.62 bits per heavy atom. The van der Waals surface area contributed by atoms with Crippen LogP contribution in [0.5, 0.6) is 0 Å². The third-order valence-corrected chi connectivity index (χ3v) is 4.81. The summed E-state index contributed by atoms with van der Waals surface area (Å²) in [5.74, 6) is 0. The molecule has 4 heteroatoms. The van der Waals surface area contributed by atoms with Gasteiger partial charge in [-0.1, -0.05) is 47.5 Å². The molecule has 0 aliphatic heterocycles. The molecule has 0 aliphatic carbocycles. The number of imidazole rings is 1. The van der Waals surface area contributed by atoms with Gasteiger partial charge in [0.25, 0.3) is 0 Å². The Kier molecular flexibility index (Phi) is 2.69. The minimum absolute atomic E-state index is 0.535. The number of halogens is 2. The molecule has 0 saturated carbocycles. The van der Waals surface area contributed by atoms with Crippen molar-refractivity contribution in [2.45, 2.75) is 13.8 Å². The maximum Gasteiger partial charge on any atom is 0.141 e. The first-order chi connectivity index (χ1) is 10.1. The molecule has 104 valence electrons. The maximum atomic E-state index is 6.18. The Labute approximate surface area is 131 Å². The number of nitrogens with zero attached hydrogens (tertiary/aromatic N) is 2. The summed E-state index contributed by atoms with van der Waals surface area (Å²) >= 11 is 12.3. The van der Waals surface area contributed by atoms with Gasteiger partial charge in [-0.2, -0.15) is 0 Å². The molecule has 2 nitrogen and oxygen atoms in total. The van der Waals surface area contributed by atoms with Gasteiger partial charge in [0.1, 0.15) is 5.65 Å². The Morgan fingerprint density at radius 3 is 2.38 bits per heavy atom. The molecule has 0 bridgehead atoms. The lowest BCUT2D eigenvalue weighted by molar-refractivity contribution is 1.14. The van der Waals surface area contributed by atoms with E-state index in [4.69, 9.17) is 28.2 Å². The van der Waals surface area contributed by atoms with Crippen LogP contribution in [0.2, 0.25) is 10.0 Å². The van der Waals surface area contributed by atoms with Crippen molar-refractivity contribution in [2.24, 2.45) is 0 Å². The lowest BCUT2D eigenvalue weighted by atomic mass is 10.1. The van der Waals surface area contributed by atoms with Crippen LogP contribution in [0.15, 0.2) is 36.4 Å². The number of aryl methyl sites for hydroxylation is 2. The van der Waals surface area contributed by atoms with Crippen LogP contribution in [-0.4, -0.2) is 9.38 Å². The van der Waals surface area contributed by atoms with Crippen LogP contribution in [0.4, 0.5) is 0 Å². The molecule has 2 aromatic heterocycles. The normalized spacial score (nSPS) is 11.8. The number of hydrogen-bond acceptors (Lipinski definition) is 1. The second-order valence-electron chi connectivity index (χ2n) is 5.28. The summed E-state index contributed by atoms with van der Waals surface area (Å²) in [5, 5.41) is 3.55. The van der Waals surface area contributed by atoms with Crippen LogP contribution < -0.4 is 0 Å². The van der Waals surface area contributed by atoms with Crippen molar-refractivity contribution < 1.29 is 0 Å². The SMILES string of the molecule is Cc1c2ccccc2c(C)n2c1nc1cc(Cl)c(Cl)cc12. The van der Waals surface area contributed by atoms with Crippen molar-refractivity contribution in [3.63, 3.8) is 0 Å². The molecule has 0 saturated heterocycles.